The molecule has 1 aliphatic heterocycles. The van der Waals surface area contributed by atoms with Gasteiger partial charge in [-0.25, -0.2) is 9.78 Å². The summed E-state index contributed by atoms with van der Waals surface area (Å²) in [5.41, 5.74) is 5.89. The second kappa shape index (κ2) is 25.2. The molecule has 1 saturated heterocycles. The number of likely N-dealkylation sites (tertiary alicyclic amines) is 1. The van der Waals surface area contributed by atoms with Crippen LogP contribution in [0.25, 0.3) is 0 Å². The van der Waals surface area contributed by atoms with Gasteiger partial charge in [-0.15, -0.1) is 0 Å². The van der Waals surface area contributed by atoms with Crippen molar-refractivity contribution in [1.29, 1.82) is 0 Å². The van der Waals surface area contributed by atoms with Crippen molar-refractivity contribution in [2.24, 2.45) is 11.7 Å². The molecule has 25 nitrogen and oxygen atoms in total. The predicted molar refractivity (Wildman–Crippen MR) is 215 cm³/mol. The van der Waals surface area contributed by atoms with Crippen LogP contribution in [0.5, 0.6) is 0 Å². The van der Waals surface area contributed by atoms with Crippen LogP contribution in [-0.4, -0.2) is 173 Å². The Balaban J connectivity index is 2.33. The molecule has 2 heterocycles. The molecule has 2 rings (SSSR count). The first-order valence-corrected chi connectivity index (χ1v) is 20.1. The molecule has 0 bridgehead atoms. The van der Waals surface area contributed by atoms with Gasteiger partial charge in [0.2, 0.25) is 41.4 Å². The van der Waals surface area contributed by atoms with Crippen molar-refractivity contribution in [2.45, 2.75) is 120 Å². The number of aliphatic hydroxyl groups is 2. The molecule has 7 amide bonds. The van der Waals surface area contributed by atoms with E-state index in [0.29, 0.717) is 0 Å². The van der Waals surface area contributed by atoms with E-state index in [9.17, 15) is 73.5 Å². The Bertz CT molecular complexity index is 1770. The molecule has 26 heteroatoms. The van der Waals surface area contributed by atoms with Gasteiger partial charge in [-0.2, -0.15) is 12.6 Å². The van der Waals surface area contributed by atoms with Gasteiger partial charge in [0.05, 0.1) is 37.2 Å². The summed E-state index contributed by atoms with van der Waals surface area (Å²) < 4.78 is 0. The first kappa shape index (κ1) is 52.3. The van der Waals surface area contributed by atoms with Crippen LogP contribution >= 0.6 is 12.6 Å². The van der Waals surface area contributed by atoms with Crippen LogP contribution in [0.15, 0.2) is 12.5 Å². The lowest BCUT2D eigenvalue weighted by atomic mass is 10.0. The van der Waals surface area contributed by atoms with Gasteiger partial charge in [0.15, 0.2) is 0 Å². The van der Waals surface area contributed by atoms with Gasteiger partial charge in [-0.3, -0.25) is 43.2 Å². The lowest BCUT2D eigenvalue weighted by Crippen LogP contribution is -2.62. The van der Waals surface area contributed by atoms with E-state index in [-0.39, 0.29) is 49.6 Å². The van der Waals surface area contributed by atoms with Gasteiger partial charge in [0.25, 0.3) is 0 Å². The molecular formula is C36H56N10O15S. The third-order valence-electron chi connectivity index (χ3n) is 9.45. The fourth-order valence-corrected chi connectivity index (χ4v) is 6.38. The number of rotatable bonds is 26. The monoisotopic (exact) mass is 900 g/mol. The number of hydrogen-bond acceptors (Lipinski definition) is 15. The maximum absolute atomic E-state index is 14.0. The number of aliphatic hydroxyl groups excluding tert-OH is 2. The molecule has 1 aromatic rings. The lowest BCUT2D eigenvalue weighted by molar-refractivity contribution is -0.144. The van der Waals surface area contributed by atoms with E-state index in [0.717, 1.165) is 11.8 Å². The van der Waals surface area contributed by atoms with Crippen LogP contribution in [-0.2, 0) is 54.4 Å². The Hall–Kier alpha value is -5.86. The van der Waals surface area contributed by atoms with Crippen molar-refractivity contribution in [3.63, 3.8) is 0 Å². The van der Waals surface area contributed by atoms with Gasteiger partial charge in [0, 0.05) is 31.3 Å². The molecule has 0 aliphatic carbocycles. The summed E-state index contributed by atoms with van der Waals surface area (Å²) >= 11 is 3.93. The number of aliphatic carboxylic acids is 3. The lowest BCUT2D eigenvalue weighted by Gasteiger charge is -2.31. The summed E-state index contributed by atoms with van der Waals surface area (Å²) in [6.45, 7) is 3.58. The molecule has 9 atom stereocenters. The van der Waals surface area contributed by atoms with Gasteiger partial charge in [-0.05, 0) is 38.5 Å². The number of carboxylic acids is 3. The van der Waals surface area contributed by atoms with Crippen LogP contribution in [0, 0.1) is 5.92 Å². The van der Waals surface area contributed by atoms with E-state index in [4.69, 9.17) is 5.73 Å². The highest BCUT2D eigenvalue weighted by atomic mass is 32.1. The Labute approximate surface area is 360 Å². The highest BCUT2D eigenvalue weighted by molar-refractivity contribution is 7.80. The molecule has 346 valence electrons. The number of nitrogens with one attached hydrogen (secondary N) is 7. The number of aromatic amines is 1. The largest absolute Gasteiger partial charge is 0.481 e. The molecule has 0 spiro atoms. The number of hydrogen-bond donors (Lipinski definition) is 14. The number of amides is 7. The average Bonchev–Trinajstić information content (AvgIpc) is 3.91. The number of carbonyl (C=O) groups excluding carboxylic acids is 7. The molecular weight excluding hydrogens is 845 g/mol. The third kappa shape index (κ3) is 16.5. The van der Waals surface area contributed by atoms with Crippen LogP contribution < -0.4 is 37.6 Å². The summed E-state index contributed by atoms with van der Waals surface area (Å²) in [7, 11) is 0. The number of thiol groups is 1. The molecule has 1 aliphatic rings. The Morgan fingerprint density at radius 1 is 0.823 bits per heavy atom. The zero-order chi connectivity index (χ0) is 46.8. The summed E-state index contributed by atoms with van der Waals surface area (Å²) in [6.07, 6.45) is -1.08. The molecule has 62 heavy (non-hydrogen) atoms. The van der Waals surface area contributed by atoms with Crippen molar-refractivity contribution >= 4 is 71.9 Å². The van der Waals surface area contributed by atoms with Gasteiger partial charge >= 0.3 is 17.9 Å². The second-order valence-corrected chi connectivity index (χ2v) is 15.3. The van der Waals surface area contributed by atoms with Crippen LogP contribution in [0.3, 0.4) is 0 Å². The molecule has 14 N–H and O–H groups in total. The summed E-state index contributed by atoms with van der Waals surface area (Å²) in [5.74, 6) is -11.7. The van der Waals surface area contributed by atoms with E-state index in [1.165, 1.54) is 12.5 Å². The zero-order valence-corrected chi connectivity index (χ0v) is 35.1. The summed E-state index contributed by atoms with van der Waals surface area (Å²) in [4.78, 5) is 136. The number of imidazole rings is 1. The second-order valence-electron chi connectivity index (χ2n) is 15.0. The highest BCUT2D eigenvalue weighted by Crippen LogP contribution is 2.21. The van der Waals surface area contributed by atoms with Crippen LogP contribution in [0.1, 0.15) is 65.0 Å². The highest BCUT2D eigenvalue weighted by Gasteiger charge is 2.41. The molecule has 0 aromatic carbocycles. The van der Waals surface area contributed by atoms with Crippen molar-refractivity contribution in [2.75, 3.05) is 18.9 Å². The Kier molecular flexibility index (Phi) is 21.2. The third-order valence-corrected chi connectivity index (χ3v) is 9.84. The fourth-order valence-electron chi connectivity index (χ4n) is 6.22. The summed E-state index contributed by atoms with van der Waals surface area (Å²) in [6, 6.07) is -12.2. The molecule has 1 aromatic heterocycles. The van der Waals surface area contributed by atoms with E-state index in [2.05, 4.69) is 54.5 Å². The number of nitrogens with zero attached hydrogens (tertiary/aromatic N) is 2. The van der Waals surface area contributed by atoms with Gasteiger partial charge < -0.3 is 73.1 Å². The minimum atomic E-state index is -1.84. The van der Waals surface area contributed by atoms with Gasteiger partial charge in [0.1, 0.15) is 42.3 Å². The normalized spacial score (nSPS) is 17.5. The Morgan fingerprint density at radius 3 is 1.95 bits per heavy atom. The number of carboxylic acid groups (broad SMARTS) is 3. The predicted octanol–water partition coefficient (Wildman–Crippen LogP) is -5.05. The zero-order valence-electron chi connectivity index (χ0n) is 34.2. The first-order chi connectivity index (χ1) is 29.1. The first-order valence-electron chi connectivity index (χ1n) is 19.5. The smallest absolute Gasteiger partial charge is 0.328 e. The van der Waals surface area contributed by atoms with Crippen molar-refractivity contribution in [3.05, 3.63) is 18.2 Å². The standard InChI is InChI=1S/C36H56N10O15S/c1-16(2)9-23(43-32(56)22(11-27(51)52)41-29(53)19(37)14-62)35(59)46-8-4-5-25(46)33(57)40-20(6-7-26(49)50)30(54)45-28(17(3)48)34(58)42-21(10-18-12-38-15-39-18)31(55)44-24(13-47)36(60)61/h12,15-17,19-25,28,47-48,62H,4-11,13-14,37H2,1-3H3,(H,38,39)(H,40,57)(H,41,53)(H,42,58)(H,43,56)(H,44,55)(H,45,54)(H,49,50)(H,51,52)(H,60,61)/t17-,19+,20+,21+,22+,23+,24+,25+,28+/m1/s1. The number of H-pyrrole nitrogens is 1. The van der Waals surface area contributed by atoms with E-state index < -0.39 is 140 Å². The minimum absolute atomic E-state index is 0.00225. The molecule has 0 radical (unpaired) electrons. The van der Waals surface area contributed by atoms with E-state index in [1.54, 1.807) is 13.8 Å². The molecule has 0 saturated carbocycles. The number of aromatic nitrogens is 2. The molecule has 1 fully saturated rings. The van der Waals surface area contributed by atoms with E-state index in [1.807, 2.05) is 0 Å². The van der Waals surface area contributed by atoms with Crippen LogP contribution in [0.4, 0.5) is 0 Å². The minimum Gasteiger partial charge on any atom is -0.481 e. The molecule has 0 unspecified atom stereocenters. The van der Waals surface area contributed by atoms with Crippen LogP contribution in [0.2, 0.25) is 0 Å². The van der Waals surface area contributed by atoms with Crippen molar-refractivity contribution < 1.29 is 73.5 Å². The quantitative estimate of drug-likeness (QED) is 0.0387. The summed E-state index contributed by atoms with van der Waals surface area (Å²) in [5, 5.41) is 61.8. The topological polar surface area (TPSA) is 402 Å². The number of nitrogens with two attached hydrogens (primary N) is 1. The van der Waals surface area contributed by atoms with Crippen molar-refractivity contribution in [1.82, 2.24) is 46.8 Å². The SMILES string of the molecule is CC(C)C[C@H](NC(=O)[C@H](CC(=O)O)NC(=O)[C@@H](N)CS)C(=O)N1CCC[C@H]1C(=O)N[C@@H](CCC(=O)O)C(=O)N[C@H](C(=O)N[C@@H](Cc1c[nH]cn1)C(=O)N[C@@H](CO)C(=O)O)[C@@H](C)O. The van der Waals surface area contributed by atoms with Crippen molar-refractivity contribution in [3.8, 4) is 0 Å². The van der Waals surface area contributed by atoms with E-state index >= 15 is 0 Å². The number of carbonyl (C=O) groups is 10. The maximum Gasteiger partial charge on any atom is 0.328 e. The fraction of sp³-hybridized carbons (Fsp3) is 0.639. The van der Waals surface area contributed by atoms with Gasteiger partial charge in [-0.1, -0.05) is 13.8 Å². The average molecular weight is 901 g/mol. The maximum atomic E-state index is 14.0. The Morgan fingerprint density at radius 2 is 1.42 bits per heavy atom.